The fourth-order valence-electron chi connectivity index (χ4n) is 1.86. The van der Waals surface area contributed by atoms with E-state index in [1.165, 1.54) is 0 Å². The molecule has 2 nitrogen and oxygen atoms in total. The van der Waals surface area contributed by atoms with E-state index in [1.807, 2.05) is 30.3 Å². The largest absolute Gasteiger partial charge is 0.323 e. The number of carbonyl (C=O) groups is 1. The summed E-state index contributed by atoms with van der Waals surface area (Å²) in [4.78, 5) is 11.1. The molecule has 1 atom stereocenters. The molecule has 1 aromatic carbocycles. The van der Waals surface area contributed by atoms with Crippen molar-refractivity contribution in [3.63, 3.8) is 0 Å². The maximum absolute atomic E-state index is 12.2. The standard InChI is InChI=1S/C11H13O2P/c12-11-6-7-14(13,9-11)8-10-4-2-1-3-5-10/h1-5H,6-9H2. The van der Waals surface area contributed by atoms with Crippen LogP contribution in [0.3, 0.4) is 0 Å². The molecule has 0 bridgehead atoms. The lowest BCUT2D eigenvalue weighted by Crippen LogP contribution is -1.94. The molecule has 1 unspecified atom stereocenters. The molecule has 0 N–H and O–H groups in total. The second-order valence-corrected chi connectivity index (χ2v) is 7.07. The first-order valence-corrected chi connectivity index (χ1v) is 7.07. The van der Waals surface area contributed by atoms with E-state index in [0.717, 1.165) is 5.56 Å². The van der Waals surface area contributed by atoms with Gasteiger partial charge in [-0.15, -0.1) is 0 Å². The first-order chi connectivity index (χ1) is 6.68. The Labute approximate surface area is 83.7 Å². The summed E-state index contributed by atoms with van der Waals surface area (Å²) in [6.45, 7) is 0. The van der Waals surface area contributed by atoms with Gasteiger partial charge in [0.05, 0.1) is 13.3 Å². The fourth-order valence-corrected chi connectivity index (χ4v) is 4.62. The molecular weight excluding hydrogens is 195 g/mol. The molecule has 1 heterocycles. The van der Waals surface area contributed by atoms with Crippen LogP contribution in [0.1, 0.15) is 12.0 Å². The number of benzene rings is 1. The van der Waals surface area contributed by atoms with Gasteiger partial charge in [0.15, 0.2) is 0 Å². The quantitative estimate of drug-likeness (QED) is 0.700. The summed E-state index contributed by atoms with van der Waals surface area (Å²) in [7, 11) is -2.20. The third-order valence-corrected chi connectivity index (χ3v) is 5.49. The average molecular weight is 208 g/mol. The lowest BCUT2D eigenvalue weighted by molar-refractivity contribution is -0.115. The summed E-state index contributed by atoms with van der Waals surface area (Å²) in [5, 5.41) is 0. The molecular formula is C11H13O2P. The molecule has 1 aliphatic heterocycles. The minimum absolute atomic E-state index is 0.171. The van der Waals surface area contributed by atoms with Crippen molar-refractivity contribution in [1.82, 2.24) is 0 Å². The molecule has 0 aliphatic carbocycles. The Balaban J connectivity index is 2.12. The highest BCUT2D eigenvalue weighted by molar-refractivity contribution is 7.64. The third-order valence-electron chi connectivity index (χ3n) is 2.58. The second-order valence-electron chi connectivity index (χ2n) is 3.87. The van der Waals surface area contributed by atoms with E-state index in [2.05, 4.69) is 0 Å². The number of ketones is 1. The van der Waals surface area contributed by atoms with E-state index in [-0.39, 0.29) is 5.78 Å². The first kappa shape index (κ1) is 9.67. The fraction of sp³-hybridized carbons (Fsp3) is 0.364. The van der Waals surface area contributed by atoms with Gasteiger partial charge in [-0.05, 0) is 5.56 Å². The molecule has 0 aromatic heterocycles. The van der Waals surface area contributed by atoms with Gasteiger partial charge in [0, 0.05) is 18.7 Å². The van der Waals surface area contributed by atoms with Crippen molar-refractivity contribution in [3.8, 4) is 0 Å². The van der Waals surface area contributed by atoms with E-state index >= 15 is 0 Å². The van der Waals surface area contributed by atoms with Crippen LogP contribution >= 0.6 is 7.14 Å². The number of hydrogen-bond acceptors (Lipinski definition) is 2. The zero-order valence-electron chi connectivity index (χ0n) is 7.98. The van der Waals surface area contributed by atoms with Crippen molar-refractivity contribution in [2.24, 2.45) is 0 Å². The number of rotatable bonds is 2. The van der Waals surface area contributed by atoms with Crippen LogP contribution in [0, 0.1) is 0 Å². The van der Waals surface area contributed by atoms with Crippen LogP contribution in [0.2, 0.25) is 0 Å². The monoisotopic (exact) mass is 208 g/mol. The highest BCUT2D eigenvalue weighted by Crippen LogP contribution is 2.53. The lowest BCUT2D eigenvalue weighted by Gasteiger charge is -2.09. The van der Waals surface area contributed by atoms with Gasteiger partial charge >= 0.3 is 0 Å². The van der Waals surface area contributed by atoms with Gasteiger partial charge in [0.25, 0.3) is 0 Å². The Kier molecular flexibility index (Phi) is 2.56. The van der Waals surface area contributed by atoms with Crippen molar-refractivity contribution in [3.05, 3.63) is 35.9 Å². The molecule has 0 amide bonds. The van der Waals surface area contributed by atoms with Crippen molar-refractivity contribution in [2.45, 2.75) is 12.6 Å². The van der Waals surface area contributed by atoms with E-state index in [1.54, 1.807) is 0 Å². The van der Waals surface area contributed by atoms with Crippen molar-refractivity contribution in [1.29, 1.82) is 0 Å². The van der Waals surface area contributed by atoms with Crippen LogP contribution in [0.15, 0.2) is 30.3 Å². The third kappa shape index (κ3) is 2.13. The van der Waals surface area contributed by atoms with Crippen LogP contribution in [0.4, 0.5) is 0 Å². The minimum atomic E-state index is -2.20. The molecule has 3 heteroatoms. The number of Topliss-reactive ketones (excluding diaryl/α,β-unsaturated/α-hetero) is 1. The molecule has 1 fully saturated rings. The van der Waals surface area contributed by atoms with Crippen LogP contribution in [-0.4, -0.2) is 18.1 Å². The van der Waals surface area contributed by atoms with E-state index in [9.17, 15) is 9.36 Å². The average Bonchev–Trinajstić information content (AvgIpc) is 2.47. The summed E-state index contributed by atoms with van der Waals surface area (Å²) in [5.41, 5.74) is 1.09. The molecule has 0 spiro atoms. The molecule has 2 rings (SSSR count). The van der Waals surface area contributed by atoms with Gasteiger partial charge in [0.2, 0.25) is 0 Å². The van der Waals surface area contributed by atoms with Crippen molar-refractivity contribution in [2.75, 3.05) is 12.3 Å². The number of carbonyl (C=O) groups excluding carboxylic acids is 1. The van der Waals surface area contributed by atoms with Gasteiger partial charge in [-0.1, -0.05) is 30.3 Å². The van der Waals surface area contributed by atoms with E-state index < -0.39 is 7.14 Å². The Morgan fingerprint density at radius 3 is 2.50 bits per heavy atom. The Hall–Kier alpha value is -0.880. The summed E-state index contributed by atoms with van der Waals surface area (Å²) < 4.78 is 12.2. The normalized spacial score (nSPS) is 26.7. The highest BCUT2D eigenvalue weighted by Gasteiger charge is 2.32. The predicted octanol–water partition coefficient (Wildman–Crippen LogP) is 2.52. The summed E-state index contributed by atoms with van der Waals surface area (Å²) >= 11 is 0. The SMILES string of the molecule is O=C1CCP(=O)(Cc2ccccc2)C1. The van der Waals surface area contributed by atoms with Gasteiger partial charge < -0.3 is 4.57 Å². The Bertz CT molecular complexity index is 384. The maximum Gasteiger partial charge on any atom is 0.140 e. The molecule has 1 aliphatic rings. The van der Waals surface area contributed by atoms with E-state index in [4.69, 9.17) is 0 Å². The van der Waals surface area contributed by atoms with E-state index in [0.29, 0.717) is 24.9 Å². The van der Waals surface area contributed by atoms with Gasteiger partial charge in [-0.2, -0.15) is 0 Å². The molecule has 1 aromatic rings. The lowest BCUT2D eigenvalue weighted by atomic mass is 10.2. The van der Waals surface area contributed by atoms with Crippen LogP contribution in [0.5, 0.6) is 0 Å². The second kappa shape index (κ2) is 3.70. The molecule has 74 valence electrons. The zero-order chi connectivity index (χ0) is 10.0. The van der Waals surface area contributed by atoms with Gasteiger partial charge in [0.1, 0.15) is 5.78 Å². The van der Waals surface area contributed by atoms with Crippen LogP contribution in [0.25, 0.3) is 0 Å². The molecule has 14 heavy (non-hydrogen) atoms. The van der Waals surface area contributed by atoms with Crippen molar-refractivity contribution >= 4 is 12.9 Å². The highest BCUT2D eigenvalue weighted by atomic mass is 31.2. The zero-order valence-corrected chi connectivity index (χ0v) is 8.87. The Morgan fingerprint density at radius 1 is 1.21 bits per heavy atom. The van der Waals surface area contributed by atoms with Gasteiger partial charge in [-0.3, -0.25) is 4.79 Å². The molecule has 1 saturated heterocycles. The number of hydrogen-bond donors (Lipinski definition) is 0. The molecule has 0 saturated carbocycles. The first-order valence-electron chi connectivity index (χ1n) is 4.81. The van der Waals surface area contributed by atoms with Crippen LogP contribution < -0.4 is 0 Å². The molecule has 0 radical (unpaired) electrons. The Morgan fingerprint density at radius 2 is 1.93 bits per heavy atom. The summed E-state index contributed by atoms with van der Waals surface area (Å²) in [5.74, 6) is 0.171. The van der Waals surface area contributed by atoms with Crippen LogP contribution in [-0.2, 0) is 15.5 Å². The topological polar surface area (TPSA) is 34.1 Å². The minimum Gasteiger partial charge on any atom is -0.323 e. The predicted molar refractivity (Wildman–Crippen MR) is 57.1 cm³/mol. The smallest absolute Gasteiger partial charge is 0.140 e. The van der Waals surface area contributed by atoms with Gasteiger partial charge in [-0.25, -0.2) is 0 Å². The van der Waals surface area contributed by atoms with Crippen molar-refractivity contribution < 1.29 is 9.36 Å². The summed E-state index contributed by atoms with van der Waals surface area (Å²) in [6.07, 6.45) is 2.05. The maximum atomic E-state index is 12.2. The summed E-state index contributed by atoms with van der Waals surface area (Å²) in [6, 6.07) is 9.78.